The molecule has 26 heavy (non-hydrogen) atoms. The van der Waals surface area contributed by atoms with Crippen molar-refractivity contribution in [3.63, 3.8) is 0 Å². The van der Waals surface area contributed by atoms with Gasteiger partial charge in [0.1, 0.15) is 0 Å². The number of carboxylic acids is 1. The van der Waals surface area contributed by atoms with Crippen molar-refractivity contribution in [1.29, 1.82) is 0 Å². The van der Waals surface area contributed by atoms with Crippen LogP contribution in [0.2, 0.25) is 0 Å². The standard InChI is InChI=1S/C16H21N5O4S/c1-9(2)7-17-15(24)11-4-10(5-12(6-11)21-25-3)14-18-16(20-19-14)26-8-13(22)23/h4-6,9,21H,7-8H2,1-3H3,(H,17,24)(H,22,23)(H,18,19,20)/p+1. The summed E-state index contributed by atoms with van der Waals surface area (Å²) in [6, 6.07) is 5.23. The zero-order chi connectivity index (χ0) is 19.1. The molecule has 0 aliphatic heterocycles. The molecule has 9 nitrogen and oxygen atoms in total. The summed E-state index contributed by atoms with van der Waals surface area (Å²) < 4.78 is 0. The first-order valence-electron chi connectivity index (χ1n) is 7.95. The Hall–Kier alpha value is -2.43. The number of nitrogens with two attached hydrogens (primary N) is 1. The van der Waals surface area contributed by atoms with Gasteiger partial charge in [0.15, 0.2) is 11.5 Å². The molecule has 1 amide bonds. The summed E-state index contributed by atoms with van der Waals surface area (Å²) in [5, 5.41) is 18.7. The first kappa shape index (κ1) is 19.9. The molecule has 0 saturated carbocycles. The molecule has 1 heterocycles. The lowest BCUT2D eigenvalue weighted by Crippen LogP contribution is -2.76. The second-order valence-electron chi connectivity index (χ2n) is 5.95. The minimum Gasteiger partial charge on any atom is -0.481 e. The third-order valence-corrected chi connectivity index (χ3v) is 4.04. The van der Waals surface area contributed by atoms with Crippen molar-refractivity contribution >= 4 is 29.3 Å². The lowest BCUT2D eigenvalue weighted by atomic mass is 10.1. The number of carbonyl (C=O) groups is 2. The van der Waals surface area contributed by atoms with E-state index in [4.69, 9.17) is 9.94 Å². The molecule has 2 aromatic rings. The number of aromatic nitrogens is 3. The van der Waals surface area contributed by atoms with Crippen molar-refractivity contribution in [2.24, 2.45) is 5.92 Å². The zero-order valence-corrected chi connectivity index (χ0v) is 15.6. The van der Waals surface area contributed by atoms with E-state index in [1.54, 1.807) is 18.2 Å². The molecule has 0 saturated heterocycles. The fourth-order valence-electron chi connectivity index (χ4n) is 2.09. The number of thioether (sulfide) groups is 1. The molecule has 1 aromatic carbocycles. The highest BCUT2D eigenvalue weighted by atomic mass is 32.2. The average Bonchev–Trinajstić information content (AvgIpc) is 3.07. The van der Waals surface area contributed by atoms with Crippen LogP contribution < -0.4 is 10.8 Å². The number of hydrogen-bond donors (Lipinski definition) is 4. The topological polar surface area (TPSA) is 134 Å². The summed E-state index contributed by atoms with van der Waals surface area (Å²) in [5.41, 5.74) is 3.36. The van der Waals surface area contributed by atoms with Crippen LogP contribution in [0, 0.1) is 5.92 Å². The van der Waals surface area contributed by atoms with Gasteiger partial charge in [0.2, 0.25) is 5.16 Å². The molecular weight excluding hydrogens is 358 g/mol. The van der Waals surface area contributed by atoms with Gasteiger partial charge in [-0.1, -0.05) is 25.6 Å². The summed E-state index contributed by atoms with van der Waals surface area (Å²) in [5.74, 6) is -0.469. The molecule has 0 aliphatic rings. The second-order valence-corrected chi connectivity index (χ2v) is 6.89. The van der Waals surface area contributed by atoms with Gasteiger partial charge < -0.3 is 10.4 Å². The van der Waals surface area contributed by atoms with Crippen molar-refractivity contribution < 1.29 is 25.0 Å². The van der Waals surface area contributed by atoms with Gasteiger partial charge in [-0.25, -0.2) is 9.82 Å². The van der Waals surface area contributed by atoms with Gasteiger partial charge in [0.05, 0.1) is 12.9 Å². The number of carboxylic acid groups (broad SMARTS) is 1. The van der Waals surface area contributed by atoms with Gasteiger partial charge in [0.25, 0.3) is 5.91 Å². The first-order chi connectivity index (χ1) is 12.4. The quantitative estimate of drug-likeness (QED) is 0.287. The summed E-state index contributed by atoms with van der Waals surface area (Å²) in [6.45, 7) is 4.61. The van der Waals surface area contributed by atoms with E-state index in [1.807, 2.05) is 13.8 Å². The number of rotatable bonds is 9. The number of quaternary nitrogens is 1. The third kappa shape index (κ3) is 5.83. The smallest absolute Gasteiger partial charge is 0.313 e. The second kappa shape index (κ2) is 9.32. The van der Waals surface area contributed by atoms with Gasteiger partial charge in [0, 0.05) is 29.8 Å². The van der Waals surface area contributed by atoms with E-state index >= 15 is 0 Å². The largest absolute Gasteiger partial charge is 0.481 e. The molecule has 0 atom stereocenters. The van der Waals surface area contributed by atoms with Crippen LogP contribution in [-0.2, 0) is 9.63 Å². The van der Waals surface area contributed by atoms with E-state index in [9.17, 15) is 9.59 Å². The normalized spacial score (nSPS) is 10.9. The van der Waals surface area contributed by atoms with Crippen LogP contribution in [0.1, 0.15) is 24.2 Å². The van der Waals surface area contributed by atoms with E-state index in [0.29, 0.717) is 40.3 Å². The number of aliphatic carboxylic acids is 1. The van der Waals surface area contributed by atoms with Crippen LogP contribution in [0.25, 0.3) is 11.4 Å². The number of amides is 1. The molecule has 0 bridgehead atoms. The summed E-state index contributed by atoms with van der Waals surface area (Å²) in [7, 11) is 1.53. The lowest BCUT2D eigenvalue weighted by Gasteiger charge is -2.09. The number of nitrogens with one attached hydrogen (secondary N) is 2. The molecule has 0 radical (unpaired) electrons. The minimum atomic E-state index is -0.942. The van der Waals surface area contributed by atoms with Crippen LogP contribution in [0.15, 0.2) is 23.4 Å². The maximum absolute atomic E-state index is 12.4. The maximum atomic E-state index is 12.4. The van der Waals surface area contributed by atoms with E-state index in [0.717, 1.165) is 11.8 Å². The molecule has 0 unspecified atom stereocenters. The fraction of sp³-hybridized carbons (Fsp3) is 0.375. The molecule has 140 valence electrons. The highest BCUT2D eigenvalue weighted by Gasteiger charge is 2.15. The predicted molar refractivity (Wildman–Crippen MR) is 95.9 cm³/mol. The number of hydrogen-bond acceptors (Lipinski definition) is 6. The van der Waals surface area contributed by atoms with E-state index in [1.165, 1.54) is 12.6 Å². The Morgan fingerprint density at radius 1 is 1.38 bits per heavy atom. The Morgan fingerprint density at radius 3 is 2.81 bits per heavy atom. The van der Waals surface area contributed by atoms with E-state index in [-0.39, 0.29) is 11.7 Å². The molecule has 0 spiro atoms. The molecule has 2 rings (SSSR count). The Kier molecular flexibility index (Phi) is 7.13. The van der Waals surface area contributed by atoms with Crippen LogP contribution in [0.5, 0.6) is 0 Å². The van der Waals surface area contributed by atoms with Gasteiger partial charge in [-0.2, -0.15) is 5.48 Å². The van der Waals surface area contributed by atoms with Gasteiger partial charge in [-0.05, 0) is 12.0 Å². The third-order valence-electron chi connectivity index (χ3n) is 3.21. The number of H-pyrrole nitrogens is 1. The first-order valence-corrected chi connectivity index (χ1v) is 8.94. The van der Waals surface area contributed by atoms with E-state index in [2.05, 4.69) is 20.5 Å². The Labute approximate surface area is 154 Å². The Morgan fingerprint density at radius 2 is 2.15 bits per heavy atom. The molecule has 10 heteroatoms. The molecule has 1 aromatic heterocycles. The Balaban J connectivity index is 2.26. The van der Waals surface area contributed by atoms with Crippen LogP contribution >= 0.6 is 11.8 Å². The number of benzene rings is 1. The Bertz CT molecular complexity index is 778. The highest BCUT2D eigenvalue weighted by molar-refractivity contribution is 7.99. The van der Waals surface area contributed by atoms with Crippen molar-refractivity contribution in [3.8, 4) is 11.4 Å². The van der Waals surface area contributed by atoms with Crippen molar-refractivity contribution in [2.45, 2.75) is 19.0 Å². The molecule has 5 N–H and O–H groups in total. The predicted octanol–water partition coefficient (Wildman–Crippen LogP) is 0.791. The zero-order valence-electron chi connectivity index (χ0n) is 14.8. The SMILES string of the molecule is CO[NH2+]c1cc(C(=O)NCC(C)C)cc(-c2nc(SCC(=O)O)n[nH]2)c1. The van der Waals surface area contributed by atoms with Crippen LogP contribution in [0.4, 0.5) is 5.69 Å². The van der Waals surface area contributed by atoms with Crippen LogP contribution in [0.3, 0.4) is 0 Å². The number of carbonyl (C=O) groups excluding carboxylic acids is 1. The van der Waals surface area contributed by atoms with Crippen molar-refractivity contribution in [3.05, 3.63) is 23.8 Å². The van der Waals surface area contributed by atoms with Crippen molar-refractivity contribution in [2.75, 3.05) is 19.4 Å². The van der Waals surface area contributed by atoms with Gasteiger partial charge in [-0.3, -0.25) is 14.7 Å². The van der Waals surface area contributed by atoms with Gasteiger partial charge >= 0.3 is 5.97 Å². The highest BCUT2D eigenvalue weighted by Crippen LogP contribution is 2.22. The number of aromatic amines is 1. The summed E-state index contributed by atoms with van der Waals surface area (Å²) in [6.07, 6.45) is 0. The molecular formula is C16H22N5O4S+. The van der Waals surface area contributed by atoms with Gasteiger partial charge in [-0.15, -0.1) is 5.10 Å². The van der Waals surface area contributed by atoms with E-state index < -0.39 is 5.97 Å². The minimum absolute atomic E-state index is 0.127. The summed E-state index contributed by atoms with van der Waals surface area (Å²) in [4.78, 5) is 32.4. The van der Waals surface area contributed by atoms with Crippen LogP contribution in [-0.4, -0.2) is 51.6 Å². The van der Waals surface area contributed by atoms with Crippen molar-refractivity contribution in [1.82, 2.24) is 20.5 Å². The number of nitrogens with zero attached hydrogens (tertiary/aromatic N) is 2. The molecule has 0 fully saturated rings. The summed E-state index contributed by atoms with van der Waals surface area (Å²) >= 11 is 1.02. The maximum Gasteiger partial charge on any atom is 0.313 e. The lowest BCUT2D eigenvalue weighted by molar-refractivity contribution is -0.830. The molecule has 0 aliphatic carbocycles. The monoisotopic (exact) mass is 380 g/mol. The average molecular weight is 380 g/mol. The fourth-order valence-corrected chi connectivity index (χ4v) is 2.61.